The summed E-state index contributed by atoms with van der Waals surface area (Å²) < 4.78 is 2.57. The van der Waals surface area contributed by atoms with Crippen molar-refractivity contribution in [2.24, 2.45) is 4.99 Å². The van der Waals surface area contributed by atoms with Crippen molar-refractivity contribution in [2.45, 2.75) is 33.1 Å². The Kier molecular flexibility index (Phi) is 5.89. The molecule has 0 atom stereocenters. The molecular formula is C21H22BrN3O. The van der Waals surface area contributed by atoms with Gasteiger partial charge in [0.1, 0.15) is 0 Å². The number of aryl methyl sites for hydroxylation is 2. The molecule has 0 aliphatic rings. The summed E-state index contributed by atoms with van der Waals surface area (Å²) in [4.78, 5) is 17.6. The lowest BCUT2D eigenvalue weighted by Gasteiger charge is -2.01. The fraction of sp³-hybridized carbons (Fsp3) is 0.238. The van der Waals surface area contributed by atoms with Crippen molar-refractivity contribution >= 4 is 27.8 Å². The second-order valence-corrected chi connectivity index (χ2v) is 7.03. The van der Waals surface area contributed by atoms with Gasteiger partial charge in [-0.25, -0.2) is 4.68 Å². The van der Waals surface area contributed by atoms with E-state index in [-0.39, 0.29) is 5.56 Å². The number of aromatic amines is 1. The van der Waals surface area contributed by atoms with Gasteiger partial charge in [0.25, 0.3) is 5.56 Å². The number of nitrogens with one attached hydrogen (secondary N) is 1. The highest BCUT2D eigenvalue weighted by molar-refractivity contribution is 9.10. The summed E-state index contributed by atoms with van der Waals surface area (Å²) in [5.41, 5.74) is 4.36. The van der Waals surface area contributed by atoms with Gasteiger partial charge < -0.3 is 0 Å². The quantitative estimate of drug-likeness (QED) is 0.557. The van der Waals surface area contributed by atoms with E-state index in [1.165, 1.54) is 5.56 Å². The molecule has 134 valence electrons. The van der Waals surface area contributed by atoms with Gasteiger partial charge in [-0.2, -0.15) is 0 Å². The summed E-state index contributed by atoms with van der Waals surface area (Å²) in [5, 5.41) is 3.25. The fourth-order valence-electron chi connectivity index (χ4n) is 2.91. The number of benzene rings is 2. The average Bonchev–Trinajstić information content (AvgIpc) is 2.97. The van der Waals surface area contributed by atoms with Crippen LogP contribution in [0.25, 0.3) is 5.69 Å². The van der Waals surface area contributed by atoms with E-state index in [1.54, 1.807) is 10.9 Å². The number of rotatable bonds is 6. The molecule has 0 fully saturated rings. The van der Waals surface area contributed by atoms with E-state index in [0.29, 0.717) is 5.56 Å². The molecule has 0 unspecified atom stereocenters. The lowest BCUT2D eigenvalue weighted by atomic mass is 10.1. The minimum atomic E-state index is -0.0755. The molecule has 1 N–H and O–H groups in total. The molecule has 4 nitrogen and oxygen atoms in total. The number of hydrogen-bond donors (Lipinski definition) is 1. The zero-order chi connectivity index (χ0) is 18.5. The zero-order valence-electron chi connectivity index (χ0n) is 15.0. The summed E-state index contributed by atoms with van der Waals surface area (Å²) in [6.45, 7) is 4.20. The monoisotopic (exact) mass is 411 g/mol. The molecule has 26 heavy (non-hydrogen) atoms. The van der Waals surface area contributed by atoms with Crippen LogP contribution in [0.1, 0.15) is 37.1 Å². The van der Waals surface area contributed by atoms with Gasteiger partial charge in [0.15, 0.2) is 0 Å². The molecule has 0 saturated heterocycles. The highest BCUT2D eigenvalue weighted by Gasteiger charge is 2.13. The first-order chi connectivity index (χ1) is 12.6. The Labute approximate surface area is 161 Å². The Hall–Kier alpha value is -2.40. The van der Waals surface area contributed by atoms with Crippen LogP contribution in [-0.4, -0.2) is 16.0 Å². The number of H-pyrrole nitrogens is 1. The van der Waals surface area contributed by atoms with Crippen molar-refractivity contribution < 1.29 is 0 Å². The minimum Gasteiger partial charge on any atom is -0.294 e. The van der Waals surface area contributed by atoms with Gasteiger partial charge in [0.05, 0.1) is 16.9 Å². The van der Waals surface area contributed by atoms with Crippen molar-refractivity contribution in [1.29, 1.82) is 0 Å². The number of aliphatic imine (C=N–C) groups is 1. The van der Waals surface area contributed by atoms with Crippen LogP contribution in [0, 0.1) is 0 Å². The van der Waals surface area contributed by atoms with Gasteiger partial charge in [0.2, 0.25) is 0 Å². The SMILES string of the molecule is CCCc1[nH]n(-c2ccc(Br)cc2)c(=O)c1C=Nc1ccccc1CC. The summed E-state index contributed by atoms with van der Waals surface area (Å²) in [6, 6.07) is 15.7. The second kappa shape index (κ2) is 8.32. The molecule has 0 saturated carbocycles. The minimum absolute atomic E-state index is 0.0755. The molecule has 0 aliphatic heterocycles. The molecule has 5 heteroatoms. The molecule has 1 aromatic heterocycles. The topological polar surface area (TPSA) is 50.1 Å². The number of halogens is 1. The van der Waals surface area contributed by atoms with E-state index in [9.17, 15) is 4.79 Å². The molecule has 0 bridgehead atoms. The lowest BCUT2D eigenvalue weighted by Crippen LogP contribution is -2.17. The molecule has 3 aromatic rings. The molecule has 0 spiro atoms. The Bertz CT molecular complexity index is 968. The molecule has 1 heterocycles. The third-order valence-electron chi connectivity index (χ3n) is 4.30. The van der Waals surface area contributed by atoms with Crippen LogP contribution in [0.15, 0.2) is 62.8 Å². The van der Waals surface area contributed by atoms with Crippen molar-refractivity contribution in [3.63, 3.8) is 0 Å². The largest absolute Gasteiger partial charge is 0.294 e. The van der Waals surface area contributed by atoms with Crippen molar-refractivity contribution in [1.82, 2.24) is 9.78 Å². The standard InChI is InChI=1S/C21H22BrN3O/c1-3-7-20-18(14-23-19-9-6-5-8-15(19)4-2)21(26)25(24-20)17-12-10-16(22)11-13-17/h5-6,8-14,24H,3-4,7H2,1-2H3. The maximum Gasteiger partial charge on any atom is 0.280 e. The van der Waals surface area contributed by atoms with Gasteiger partial charge in [-0.3, -0.25) is 14.9 Å². The smallest absolute Gasteiger partial charge is 0.280 e. The maximum absolute atomic E-state index is 13.0. The van der Waals surface area contributed by atoms with Gasteiger partial charge in [0, 0.05) is 16.4 Å². The number of para-hydroxylation sites is 1. The van der Waals surface area contributed by atoms with Gasteiger partial charge in [-0.05, 0) is 48.7 Å². The van der Waals surface area contributed by atoms with Crippen LogP contribution in [0.3, 0.4) is 0 Å². The average molecular weight is 412 g/mol. The predicted octanol–water partition coefficient (Wildman–Crippen LogP) is 5.19. The Morgan fingerprint density at radius 1 is 1.12 bits per heavy atom. The van der Waals surface area contributed by atoms with E-state index in [0.717, 1.165) is 40.8 Å². The van der Waals surface area contributed by atoms with Crippen molar-refractivity contribution in [2.75, 3.05) is 0 Å². The fourth-order valence-corrected chi connectivity index (χ4v) is 3.18. The first-order valence-electron chi connectivity index (χ1n) is 8.85. The molecule has 0 amide bonds. The van der Waals surface area contributed by atoms with Gasteiger partial charge in [-0.1, -0.05) is 54.4 Å². The van der Waals surface area contributed by atoms with E-state index in [1.807, 2.05) is 42.5 Å². The van der Waals surface area contributed by atoms with Crippen LogP contribution in [0.4, 0.5) is 5.69 Å². The third kappa shape index (κ3) is 3.88. The first-order valence-corrected chi connectivity index (χ1v) is 9.65. The highest BCUT2D eigenvalue weighted by atomic mass is 79.9. The van der Waals surface area contributed by atoms with E-state index < -0.39 is 0 Å². The first kappa shape index (κ1) is 18.4. The van der Waals surface area contributed by atoms with E-state index >= 15 is 0 Å². The van der Waals surface area contributed by atoms with Crippen LogP contribution in [0.5, 0.6) is 0 Å². The van der Waals surface area contributed by atoms with Crippen LogP contribution >= 0.6 is 15.9 Å². The Morgan fingerprint density at radius 2 is 1.85 bits per heavy atom. The molecule has 2 aromatic carbocycles. The van der Waals surface area contributed by atoms with Crippen LogP contribution in [0.2, 0.25) is 0 Å². The molecule has 0 aliphatic carbocycles. The van der Waals surface area contributed by atoms with E-state index in [2.05, 4.69) is 45.9 Å². The zero-order valence-corrected chi connectivity index (χ0v) is 16.6. The summed E-state index contributed by atoms with van der Waals surface area (Å²) in [5.74, 6) is 0. The lowest BCUT2D eigenvalue weighted by molar-refractivity contribution is 0.793. The maximum atomic E-state index is 13.0. The van der Waals surface area contributed by atoms with Gasteiger partial charge >= 0.3 is 0 Å². The van der Waals surface area contributed by atoms with Crippen molar-refractivity contribution in [3.8, 4) is 5.69 Å². The van der Waals surface area contributed by atoms with Crippen LogP contribution in [-0.2, 0) is 12.8 Å². The predicted molar refractivity (Wildman–Crippen MR) is 111 cm³/mol. The Balaban J connectivity index is 2.04. The molecule has 3 rings (SSSR count). The van der Waals surface area contributed by atoms with Crippen molar-refractivity contribution in [3.05, 3.63) is 80.2 Å². The normalized spacial score (nSPS) is 11.3. The van der Waals surface area contributed by atoms with Crippen LogP contribution < -0.4 is 5.56 Å². The van der Waals surface area contributed by atoms with Gasteiger partial charge in [-0.15, -0.1) is 0 Å². The van der Waals surface area contributed by atoms with E-state index in [4.69, 9.17) is 0 Å². The summed E-state index contributed by atoms with van der Waals surface area (Å²) >= 11 is 3.43. The highest BCUT2D eigenvalue weighted by Crippen LogP contribution is 2.19. The number of hydrogen-bond acceptors (Lipinski definition) is 2. The summed E-state index contributed by atoms with van der Waals surface area (Å²) in [7, 11) is 0. The number of nitrogens with zero attached hydrogens (tertiary/aromatic N) is 2. The molecule has 0 radical (unpaired) electrons. The third-order valence-corrected chi connectivity index (χ3v) is 4.82. The molecular weight excluding hydrogens is 390 g/mol. The Morgan fingerprint density at radius 3 is 2.54 bits per heavy atom. The second-order valence-electron chi connectivity index (χ2n) is 6.11. The summed E-state index contributed by atoms with van der Waals surface area (Å²) in [6.07, 6.45) is 4.36. The number of aromatic nitrogens is 2.